The maximum Gasteiger partial charge on any atom is 0.472 e. The molecule has 101 heavy (non-hydrogen) atoms. The average Bonchev–Trinajstić information content (AvgIpc) is 1.15. The lowest BCUT2D eigenvalue weighted by molar-refractivity contribution is -0.161. The lowest BCUT2D eigenvalue weighted by Gasteiger charge is -2.21. The van der Waals surface area contributed by atoms with Gasteiger partial charge < -0.3 is 34.2 Å². The van der Waals surface area contributed by atoms with Crippen molar-refractivity contribution in [3.05, 3.63) is 194 Å². The van der Waals surface area contributed by atoms with Crippen molar-refractivity contribution in [2.45, 2.75) is 270 Å². The summed E-state index contributed by atoms with van der Waals surface area (Å²) in [5, 5.41) is 20.6. The summed E-state index contributed by atoms with van der Waals surface area (Å²) >= 11 is 0. The van der Waals surface area contributed by atoms with Gasteiger partial charge in [0.1, 0.15) is 25.4 Å². The fourth-order valence-electron chi connectivity index (χ4n) is 9.17. The van der Waals surface area contributed by atoms with Gasteiger partial charge >= 0.3 is 33.6 Å². The molecule has 0 saturated heterocycles. The third-order valence-corrected chi connectivity index (χ3v) is 16.7. The Morgan fingerprint density at radius 2 is 0.505 bits per heavy atom. The van der Waals surface area contributed by atoms with Gasteiger partial charge in [-0.05, 0) is 148 Å². The monoisotopic (exact) mass is 1450 g/mol. The molecule has 16 nitrogen and oxygen atoms in total. The molecule has 0 rings (SSSR count). The van der Waals surface area contributed by atoms with Crippen LogP contribution in [0.4, 0.5) is 0 Å². The van der Waals surface area contributed by atoms with E-state index in [2.05, 4.69) is 191 Å². The van der Waals surface area contributed by atoms with Gasteiger partial charge in [-0.2, -0.15) is 0 Å². The summed E-state index contributed by atoms with van der Waals surface area (Å²) in [5.74, 6) is -1.73. The minimum absolute atomic E-state index is 0.00650. The first-order valence-electron chi connectivity index (χ1n) is 37.7. The molecule has 0 heterocycles. The van der Waals surface area contributed by atoms with Crippen molar-refractivity contribution in [3.8, 4) is 0 Å². The predicted molar refractivity (Wildman–Crippen MR) is 417 cm³/mol. The van der Waals surface area contributed by atoms with Crippen LogP contribution in [0.5, 0.6) is 0 Å². The highest BCUT2D eigenvalue weighted by Gasteiger charge is 2.29. The van der Waals surface area contributed by atoms with E-state index in [1.165, 1.54) is 51.4 Å². The SMILES string of the molecule is CC/C=C\C/C=C\C/C=C\C/C=C\C/C=C\C/C=C\CCCCCCCCCCCCCCC(=O)OCC(O)COP(=O)(O)OCC(O)COP(=O)(O)OCC(COC(=O)CCC/C=C\C/C=C\C/C=C\C/C=C\C/C=C\CC)OC(=O)CCC/C=C\C/C=C\C/C=C\C/C=C\C/C=C\CC. The number of allylic oxidation sites excluding steroid dienone is 32. The summed E-state index contributed by atoms with van der Waals surface area (Å²) in [6.45, 7) is 2.16. The summed E-state index contributed by atoms with van der Waals surface area (Å²) < 4.78 is 60.9. The second-order valence-electron chi connectivity index (χ2n) is 24.3. The zero-order valence-electron chi connectivity index (χ0n) is 62.0. The Balaban J connectivity index is 4.60. The average molecular weight is 1450 g/mol. The molecule has 0 aromatic heterocycles. The Kier molecular flexibility index (Phi) is 70.0. The zero-order valence-corrected chi connectivity index (χ0v) is 63.8. The van der Waals surface area contributed by atoms with Gasteiger partial charge in [-0.25, -0.2) is 9.13 Å². The van der Waals surface area contributed by atoms with E-state index in [1.54, 1.807) is 0 Å². The number of phosphoric acid groups is 2. The summed E-state index contributed by atoms with van der Waals surface area (Å²) in [5.41, 5.74) is 0. The van der Waals surface area contributed by atoms with Crippen molar-refractivity contribution in [2.24, 2.45) is 0 Å². The molecule has 18 heteroatoms. The number of hydrogen-bond donors (Lipinski definition) is 4. The van der Waals surface area contributed by atoms with Crippen LogP contribution >= 0.6 is 15.6 Å². The topological polar surface area (TPSA) is 231 Å². The molecular weight excluding hydrogens is 1310 g/mol. The first-order valence-corrected chi connectivity index (χ1v) is 40.7. The molecule has 0 aliphatic rings. The number of aliphatic hydroxyl groups is 2. The van der Waals surface area contributed by atoms with Gasteiger partial charge in [0.15, 0.2) is 6.10 Å². The molecule has 0 radical (unpaired) electrons. The van der Waals surface area contributed by atoms with Crippen LogP contribution in [0.25, 0.3) is 0 Å². The van der Waals surface area contributed by atoms with Crippen LogP contribution in [0.15, 0.2) is 194 Å². The molecule has 0 bridgehead atoms. The number of unbranched alkanes of at least 4 members (excludes halogenated alkanes) is 14. The summed E-state index contributed by atoms with van der Waals surface area (Å²) in [6.07, 6.45) is 96.5. The molecule has 0 aliphatic carbocycles. The zero-order chi connectivity index (χ0) is 73.7. The van der Waals surface area contributed by atoms with Crippen LogP contribution in [0.3, 0.4) is 0 Å². The van der Waals surface area contributed by atoms with E-state index < -0.39 is 91.5 Å². The number of carbonyl (C=O) groups is 3. The minimum atomic E-state index is -4.96. The van der Waals surface area contributed by atoms with Crippen LogP contribution in [-0.2, 0) is 55.8 Å². The molecule has 0 aromatic rings. The Labute approximate surface area is 610 Å². The largest absolute Gasteiger partial charge is 0.472 e. The van der Waals surface area contributed by atoms with Crippen LogP contribution in [0.2, 0.25) is 0 Å². The van der Waals surface area contributed by atoms with E-state index in [0.717, 1.165) is 128 Å². The normalized spacial score (nSPS) is 15.1. The van der Waals surface area contributed by atoms with Crippen molar-refractivity contribution in [2.75, 3.05) is 39.6 Å². The summed E-state index contributed by atoms with van der Waals surface area (Å²) in [6, 6.07) is 0. The standard InChI is InChI=1S/C83H132O16P2/c1-4-7-10-13-16-19-22-25-28-31-32-33-34-35-36-37-38-39-40-41-42-43-44-47-49-51-54-57-60-63-66-69-81(86)93-72-78(84)73-95-100(89,90)96-74-79(85)75-97-101(91,92)98-77-80(99-83(88)71-68-65-62-59-56-53-50-46-30-27-24-21-18-15-12-9-6-3)76-94-82(87)70-67-64-61-58-55-52-48-45-29-26-23-20-17-14-11-8-5-2/h7-12,16-21,25-30,32-33,35-36,38-39,48,50,52-53,58-59,61-62,78-80,84-85H,4-6,13-15,22-24,31,34,37,40-47,49,51,54-57,60,63-77H2,1-3H3,(H,89,90)(H,91,92)/b10-7-,11-8-,12-9-,19-16-,20-17-,21-18-,28-25-,29-26-,30-27-,33-32-,36-35-,39-38-,52-48-,53-50-,61-58-,62-59-. The number of hydrogen-bond acceptors (Lipinski definition) is 14. The van der Waals surface area contributed by atoms with Crippen molar-refractivity contribution in [1.29, 1.82) is 0 Å². The highest BCUT2D eigenvalue weighted by molar-refractivity contribution is 7.47. The number of rotatable bonds is 69. The Bertz CT molecular complexity index is 2620. The van der Waals surface area contributed by atoms with Gasteiger partial charge in [0.25, 0.3) is 0 Å². The van der Waals surface area contributed by atoms with Crippen molar-refractivity contribution < 1.29 is 75.8 Å². The van der Waals surface area contributed by atoms with Gasteiger partial charge in [0.05, 0.1) is 26.4 Å². The number of esters is 3. The van der Waals surface area contributed by atoms with E-state index in [1.807, 2.05) is 24.3 Å². The number of carbonyl (C=O) groups excluding carboxylic acids is 3. The molecule has 4 N–H and O–H groups in total. The summed E-state index contributed by atoms with van der Waals surface area (Å²) in [7, 11) is -9.84. The number of phosphoric ester groups is 2. The number of aliphatic hydroxyl groups excluding tert-OH is 2. The van der Waals surface area contributed by atoms with Crippen LogP contribution < -0.4 is 0 Å². The van der Waals surface area contributed by atoms with Gasteiger partial charge in [-0.3, -0.25) is 32.5 Å². The van der Waals surface area contributed by atoms with Gasteiger partial charge in [-0.1, -0.05) is 279 Å². The Morgan fingerprint density at radius 3 is 0.822 bits per heavy atom. The molecule has 0 amide bonds. The van der Waals surface area contributed by atoms with Gasteiger partial charge in [0.2, 0.25) is 0 Å². The molecule has 0 saturated carbocycles. The fraction of sp³-hybridized carbons (Fsp3) is 0.578. The van der Waals surface area contributed by atoms with E-state index >= 15 is 0 Å². The number of ether oxygens (including phenoxy) is 3. The van der Waals surface area contributed by atoms with Crippen molar-refractivity contribution >= 4 is 33.6 Å². The fourth-order valence-corrected chi connectivity index (χ4v) is 10.8. The first kappa shape index (κ1) is 95.4. The maximum absolute atomic E-state index is 12.9. The second kappa shape index (κ2) is 74.1. The molecule has 0 fully saturated rings. The molecule has 5 atom stereocenters. The molecule has 5 unspecified atom stereocenters. The molecule has 0 aromatic carbocycles. The third-order valence-electron chi connectivity index (χ3n) is 14.8. The molecular formula is C83H132O16P2. The lowest BCUT2D eigenvalue weighted by Crippen LogP contribution is -2.30. The van der Waals surface area contributed by atoms with E-state index in [-0.39, 0.29) is 19.3 Å². The first-order chi connectivity index (χ1) is 49.2. The highest BCUT2D eigenvalue weighted by atomic mass is 31.2. The predicted octanol–water partition coefficient (Wildman–Crippen LogP) is 22.0. The smallest absolute Gasteiger partial charge is 0.463 e. The molecule has 0 spiro atoms. The van der Waals surface area contributed by atoms with Gasteiger partial charge in [0, 0.05) is 19.3 Å². The second-order valence-corrected chi connectivity index (χ2v) is 27.2. The lowest BCUT2D eigenvalue weighted by atomic mass is 10.0. The summed E-state index contributed by atoms with van der Waals surface area (Å²) in [4.78, 5) is 58.5. The van der Waals surface area contributed by atoms with E-state index in [4.69, 9.17) is 32.3 Å². The Morgan fingerprint density at radius 1 is 0.277 bits per heavy atom. The third kappa shape index (κ3) is 75.4. The quantitative estimate of drug-likeness (QED) is 0.0146. The maximum atomic E-state index is 12.9. The van der Waals surface area contributed by atoms with E-state index in [9.17, 15) is 43.5 Å². The van der Waals surface area contributed by atoms with Crippen LogP contribution in [0.1, 0.15) is 252 Å². The Hall–Kier alpha value is -5.61. The van der Waals surface area contributed by atoms with E-state index in [0.29, 0.717) is 32.1 Å². The van der Waals surface area contributed by atoms with Crippen molar-refractivity contribution in [3.63, 3.8) is 0 Å². The van der Waals surface area contributed by atoms with Crippen LogP contribution in [0, 0.1) is 0 Å². The van der Waals surface area contributed by atoms with Crippen molar-refractivity contribution in [1.82, 2.24) is 0 Å². The minimum Gasteiger partial charge on any atom is -0.463 e. The molecule has 570 valence electrons. The highest BCUT2D eigenvalue weighted by Crippen LogP contribution is 2.45. The van der Waals surface area contributed by atoms with Crippen LogP contribution in [-0.4, -0.2) is 95.9 Å². The van der Waals surface area contributed by atoms with Gasteiger partial charge in [-0.15, -0.1) is 0 Å². The molecule has 0 aliphatic heterocycles.